The maximum atomic E-state index is 5.13. The highest BCUT2D eigenvalue weighted by Crippen LogP contribution is 1.69. The van der Waals surface area contributed by atoms with Crippen molar-refractivity contribution in [1.82, 2.24) is 9.66 Å². The van der Waals surface area contributed by atoms with E-state index in [1.54, 1.807) is 12.4 Å². The molecule has 3 nitrogen and oxygen atoms in total. The highest BCUT2D eigenvalue weighted by Gasteiger charge is 1.69. The molecule has 1 aromatic rings. The zero-order valence-electron chi connectivity index (χ0n) is 3.20. The van der Waals surface area contributed by atoms with Crippen LogP contribution in [0.3, 0.4) is 0 Å². The van der Waals surface area contributed by atoms with Gasteiger partial charge >= 0.3 is 0 Å². The van der Waals surface area contributed by atoms with Gasteiger partial charge in [-0.25, -0.2) is 4.98 Å². The summed E-state index contributed by atoms with van der Waals surface area (Å²) in [5.41, 5.74) is 0. The first-order valence-electron chi connectivity index (χ1n) is 1.62. The molecule has 0 fully saturated rings. The van der Waals surface area contributed by atoms with Crippen LogP contribution in [-0.4, -0.2) is 9.66 Å². The van der Waals surface area contributed by atoms with Gasteiger partial charge in [-0.3, -0.25) is 4.68 Å². The minimum Gasteiger partial charge on any atom is -0.338 e. The van der Waals surface area contributed by atoms with Crippen LogP contribution in [0.5, 0.6) is 0 Å². The van der Waals surface area contributed by atoms with Crippen molar-refractivity contribution >= 4 is 0 Å². The zero-order valence-corrected chi connectivity index (χ0v) is 3.20. The summed E-state index contributed by atoms with van der Waals surface area (Å²) in [5, 5.41) is 0. The van der Waals surface area contributed by atoms with Gasteiger partial charge < -0.3 is 5.84 Å². The molecule has 2 N–H and O–H groups in total. The lowest BCUT2D eigenvalue weighted by Gasteiger charge is -1.78. The van der Waals surface area contributed by atoms with Crippen molar-refractivity contribution in [3.63, 3.8) is 0 Å². The van der Waals surface area contributed by atoms with Gasteiger partial charge in [0.2, 0.25) is 0 Å². The molecule has 1 rings (SSSR count). The largest absolute Gasteiger partial charge is 0.338 e. The zero-order chi connectivity index (χ0) is 4.41. The molecule has 0 spiro atoms. The molecule has 0 saturated carbocycles. The maximum absolute atomic E-state index is 5.13. The van der Waals surface area contributed by atoms with Gasteiger partial charge in [-0.2, -0.15) is 0 Å². The quantitative estimate of drug-likeness (QED) is 0.433. The van der Waals surface area contributed by atoms with Crippen LogP contribution in [0.2, 0.25) is 0 Å². The van der Waals surface area contributed by atoms with Crippen LogP contribution >= 0.6 is 0 Å². The average molecular weight is 83.1 g/mol. The molecule has 0 aromatic carbocycles. The Balaban J connectivity index is 3.05. The third-order valence-corrected chi connectivity index (χ3v) is 0.525. The van der Waals surface area contributed by atoms with Crippen molar-refractivity contribution in [2.75, 3.05) is 5.84 Å². The molecule has 6 heavy (non-hydrogen) atoms. The highest BCUT2D eigenvalue weighted by molar-refractivity contribution is 4.71. The Bertz CT molecular complexity index is 110. The summed E-state index contributed by atoms with van der Waals surface area (Å²) in [4.78, 5) is 3.66. The minimum absolute atomic E-state index is 1.39. The molecule has 0 aliphatic rings. The molecular formula is C3H5N3. The van der Waals surface area contributed by atoms with Crippen LogP contribution in [0.15, 0.2) is 18.7 Å². The first kappa shape index (κ1) is 3.21. The van der Waals surface area contributed by atoms with E-state index < -0.39 is 0 Å². The van der Waals surface area contributed by atoms with Crippen molar-refractivity contribution in [1.29, 1.82) is 0 Å². The third-order valence-electron chi connectivity index (χ3n) is 0.525. The second-order valence-electron chi connectivity index (χ2n) is 1.01. The Hall–Kier alpha value is -0.990. The lowest BCUT2D eigenvalue weighted by Crippen LogP contribution is -2.02. The van der Waals surface area contributed by atoms with E-state index in [1.165, 1.54) is 11.0 Å². The van der Waals surface area contributed by atoms with E-state index in [2.05, 4.69) is 4.98 Å². The Morgan fingerprint density at radius 3 is 2.67 bits per heavy atom. The second-order valence-corrected chi connectivity index (χ2v) is 1.01. The lowest BCUT2D eigenvalue weighted by atomic mass is 11.0. The van der Waals surface area contributed by atoms with Crippen LogP contribution in [0.4, 0.5) is 0 Å². The standard InChI is InChI=1S/C3H5N3/c4-6-2-1-5-3-6/h1-3H,4H2. The molecule has 0 atom stereocenters. The smallest absolute Gasteiger partial charge is 0.114 e. The average Bonchev–Trinajstić information content (AvgIpc) is 1.86. The van der Waals surface area contributed by atoms with Crippen molar-refractivity contribution in [2.24, 2.45) is 0 Å². The number of imidazole rings is 1. The lowest BCUT2D eigenvalue weighted by molar-refractivity contribution is 1.00. The van der Waals surface area contributed by atoms with Gasteiger partial charge in [-0.1, -0.05) is 0 Å². The Kier molecular flexibility index (Phi) is 0.538. The summed E-state index contributed by atoms with van der Waals surface area (Å²) in [6.45, 7) is 0. The molecule has 0 aliphatic heterocycles. The van der Waals surface area contributed by atoms with Crippen molar-refractivity contribution in [2.45, 2.75) is 0 Å². The first-order valence-corrected chi connectivity index (χ1v) is 1.62. The summed E-state index contributed by atoms with van der Waals surface area (Å²) in [6, 6.07) is 0. The molecule has 0 radical (unpaired) electrons. The van der Waals surface area contributed by atoms with Crippen molar-refractivity contribution < 1.29 is 0 Å². The number of rotatable bonds is 0. The predicted molar refractivity (Wildman–Crippen MR) is 22.4 cm³/mol. The van der Waals surface area contributed by atoms with E-state index in [1.807, 2.05) is 0 Å². The molecule has 32 valence electrons. The van der Waals surface area contributed by atoms with Crippen molar-refractivity contribution in [3.8, 4) is 0 Å². The van der Waals surface area contributed by atoms with Crippen LogP contribution in [0.25, 0.3) is 0 Å². The molecule has 0 bridgehead atoms. The number of hydrogen-bond donors (Lipinski definition) is 1. The Morgan fingerprint density at radius 2 is 2.50 bits per heavy atom. The number of nitrogen functional groups attached to an aromatic ring is 1. The van der Waals surface area contributed by atoms with Gasteiger partial charge in [0.05, 0.1) is 0 Å². The summed E-state index contributed by atoms with van der Waals surface area (Å²) in [6.07, 6.45) is 4.82. The van der Waals surface area contributed by atoms with Gasteiger partial charge in [-0.05, 0) is 0 Å². The van der Waals surface area contributed by atoms with Gasteiger partial charge in [0.25, 0.3) is 0 Å². The van der Waals surface area contributed by atoms with Gasteiger partial charge in [-0.15, -0.1) is 0 Å². The fourth-order valence-electron chi connectivity index (χ4n) is 0.269. The third kappa shape index (κ3) is 0.337. The Morgan fingerprint density at radius 1 is 1.67 bits per heavy atom. The fraction of sp³-hybridized carbons (Fsp3) is 0. The monoisotopic (exact) mass is 83.0 g/mol. The van der Waals surface area contributed by atoms with Crippen LogP contribution in [-0.2, 0) is 0 Å². The van der Waals surface area contributed by atoms with Gasteiger partial charge in [0.15, 0.2) is 0 Å². The van der Waals surface area contributed by atoms with Gasteiger partial charge in [0, 0.05) is 12.4 Å². The molecule has 0 aliphatic carbocycles. The Labute approximate surface area is 35.4 Å². The molecule has 1 heterocycles. The van der Waals surface area contributed by atoms with Crippen LogP contribution < -0.4 is 5.84 Å². The van der Waals surface area contributed by atoms with E-state index in [0.717, 1.165) is 0 Å². The van der Waals surface area contributed by atoms with E-state index in [-0.39, 0.29) is 0 Å². The van der Waals surface area contributed by atoms with E-state index >= 15 is 0 Å². The number of aromatic nitrogens is 2. The SMILES string of the molecule is Nn1ccnc1. The van der Waals surface area contributed by atoms with Gasteiger partial charge in [0.1, 0.15) is 6.33 Å². The van der Waals surface area contributed by atoms with E-state index in [0.29, 0.717) is 0 Å². The molecule has 0 unspecified atom stereocenters. The highest BCUT2D eigenvalue weighted by atomic mass is 15.3. The predicted octanol–water partition coefficient (Wildman–Crippen LogP) is -0.403. The maximum Gasteiger partial charge on any atom is 0.114 e. The topological polar surface area (TPSA) is 43.8 Å². The number of nitrogens with zero attached hydrogens (tertiary/aromatic N) is 2. The van der Waals surface area contributed by atoms with Crippen molar-refractivity contribution in [3.05, 3.63) is 18.7 Å². The van der Waals surface area contributed by atoms with E-state index in [4.69, 9.17) is 5.84 Å². The summed E-state index contributed by atoms with van der Waals surface area (Å²) in [7, 11) is 0. The second kappa shape index (κ2) is 1.01. The summed E-state index contributed by atoms with van der Waals surface area (Å²) in [5.74, 6) is 5.13. The first-order chi connectivity index (χ1) is 2.89. The minimum atomic E-state index is 1.39. The van der Waals surface area contributed by atoms with E-state index in [9.17, 15) is 0 Å². The molecule has 0 saturated heterocycles. The number of nitrogens with two attached hydrogens (primary N) is 1. The van der Waals surface area contributed by atoms with Crippen LogP contribution in [0, 0.1) is 0 Å². The fourth-order valence-corrected chi connectivity index (χ4v) is 0.269. The summed E-state index contributed by atoms with van der Waals surface area (Å²) < 4.78 is 1.39. The molecular weight excluding hydrogens is 78.1 g/mol. The number of hydrogen-bond acceptors (Lipinski definition) is 2. The molecule has 3 heteroatoms. The van der Waals surface area contributed by atoms with Crippen LogP contribution in [0.1, 0.15) is 0 Å². The normalized spacial score (nSPS) is 8.67. The summed E-state index contributed by atoms with van der Waals surface area (Å²) >= 11 is 0. The molecule has 1 aromatic heterocycles. The molecule has 0 amide bonds.